The molecule has 0 N–H and O–H groups in total. The van der Waals surface area contributed by atoms with Gasteiger partial charge in [-0.25, -0.2) is 4.39 Å². The Bertz CT molecular complexity index is 1130. The molecule has 0 aliphatic rings. The average Bonchev–Trinajstić information content (AvgIpc) is 3.20. The summed E-state index contributed by atoms with van der Waals surface area (Å²) in [6.45, 7) is 0. The van der Waals surface area contributed by atoms with Crippen LogP contribution in [0, 0.1) is 5.82 Å². The standard InChI is InChI=1S/C23H14Cl2FNO/c24-20-12-9-18(13-21(20)25)22-14-23(28-27-22)17-7-3-15(4-8-17)1-2-16-5-10-19(26)11-6-16/h1-14H/b2-1+. The molecule has 28 heavy (non-hydrogen) atoms. The molecule has 0 radical (unpaired) electrons. The van der Waals surface area contributed by atoms with Gasteiger partial charge in [-0.2, -0.15) is 0 Å². The molecule has 0 saturated heterocycles. The second-order valence-corrected chi connectivity index (χ2v) is 7.03. The minimum atomic E-state index is -0.242. The van der Waals surface area contributed by atoms with Crippen molar-refractivity contribution in [3.63, 3.8) is 0 Å². The lowest BCUT2D eigenvalue weighted by molar-refractivity contribution is 0.435. The second-order valence-electron chi connectivity index (χ2n) is 6.21. The Kier molecular flexibility index (Phi) is 5.29. The minimum Gasteiger partial charge on any atom is -0.356 e. The van der Waals surface area contributed by atoms with Gasteiger partial charge in [-0.15, -0.1) is 0 Å². The molecule has 2 nitrogen and oxygen atoms in total. The van der Waals surface area contributed by atoms with Gasteiger partial charge in [0.1, 0.15) is 11.5 Å². The summed E-state index contributed by atoms with van der Waals surface area (Å²) in [6.07, 6.45) is 3.91. The molecule has 1 aromatic heterocycles. The predicted octanol–water partition coefficient (Wildman–Crippen LogP) is 7.62. The fraction of sp³-hybridized carbons (Fsp3) is 0. The van der Waals surface area contributed by atoms with Gasteiger partial charge in [-0.1, -0.05) is 83.0 Å². The van der Waals surface area contributed by atoms with E-state index in [4.69, 9.17) is 27.7 Å². The molecule has 1 heterocycles. The van der Waals surface area contributed by atoms with Crippen LogP contribution in [-0.4, -0.2) is 5.16 Å². The van der Waals surface area contributed by atoms with E-state index in [1.165, 1.54) is 12.1 Å². The van der Waals surface area contributed by atoms with E-state index in [1.807, 2.05) is 48.6 Å². The first-order valence-electron chi connectivity index (χ1n) is 8.55. The number of hydrogen-bond donors (Lipinski definition) is 0. The number of rotatable bonds is 4. The fourth-order valence-electron chi connectivity index (χ4n) is 2.73. The number of nitrogens with zero attached hydrogens (tertiary/aromatic N) is 1. The van der Waals surface area contributed by atoms with Gasteiger partial charge in [0.05, 0.1) is 10.0 Å². The maximum atomic E-state index is 13.0. The van der Waals surface area contributed by atoms with E-state index in [0.29, 0.717) is 21.5 Å². The summed E-state index contributed by atoms with van der Waals surface area (Å²) in [4.78, 5) is 0. The molecule has 138 valence electrons. The molecule has 0 atom stereocenters. The van der Waals surface area contributed by atoms with E-state index in [9.17, 15) is 4.39 Å². The van der Waals surface area contributed by atoms with Crippen LogP contribution in [0.1, 0.15) is 11.1 Å². The molecule has 0 amide bonds. The van der Waals surface area contributed by atoms with Crippen molar-refractivity contribution in [2.45, 2.75) is 0 Å². The van der Waals surface area contributed by atoms with Crippen molar-refractivity contribution in [2.24, 2.45) is 0 Å². The lowest BCUT2D eigenvalue weighted by Crippen LogP contribution is -1.78. The summed E-state index contributed by atoms with van der Waals surface area (Å²) in [5.74, 6) is 0.420. The zero-order chi connectivity index (χ0) is 19.5. The first-order chi connectivity index (χ1) is 13.6. The number of benzene rings is 3. The summed E-state index contributed by atoms with van der Waals surface area (Å²) < 4.78 is 18.4. The van der Waals surface area contributed by atoms with Crippen LogP contribution in [0.15, 0.2) is 77.3 Å². The molecule has 0 unspecified atom stereocenters. The van der Waals surface area contributed by atoms with Crippen LogP contribution in [0.4, 0.5) is 4.39 Å². The molecule has 5 heteroatoms. The molecule has 0 spiro atoms. The van der Waals surface area contributed by atoms with Crippen LogP contribution in [0.2, 0.25) is 10.0 Å². The summed E-state index contributed by atoms with van der Waals surface area (Å²) in [5.41, 5.74) is 4.40. The van der Waals surface area contributed by atoms with Crippen molar-refractivity contribution in [3.8, 4) is 22.6 Å². The monoisotopic (exact) mass is 409 g/mol. The Hall–Kier alpha value is -2.88. The third kappa shape index (κ3) is 4.16. The fourth-order valence-corrected chi connectivity index (χ4v) is 3.03. The first kappa shape index (κ1) is 18.5. The molecular weight excluding hydrogens is 396 g/mol. The molecular formula is C23H14Cl2FNO. The second kappa shape index (κ2) is 8.01. The Balaban J connectivity index is 1.52. The third-order valence-corrected chi connectivity index (χ3v) is 5.00. The van der Waals surface area contributed by atoms with Crippen LogP contribution in [0.25, 0.3) is 34.7 Å². The quantitative estimate of drug-likeness (QED) is 0.323. The number of hydrogen-bond acceptors (Lipinski definition) is 2. The van der Waals surface area contributed by atoms with Crippen molar-refractivity contribution in [2.75, 3.05) is 0 Å². The van der Waals surface area contributed by atoms with Gasteiger partial charge in [0.25, 0.3) is 0 Å². The van der Waals surface area contributed by atoms with Crippen LogP contribution >= 0.6 is 23.2 Å². The van der Waals surface area contributed by atoms with Gasteiger partial charge in [0.2, 0.25) is 0 Å². The van der Waals surface area contributed by atoms with Crippen LogP contribution in [0.5, 0.6) is 0 Å². The van der Waals surface area contributed by atoms with Gasteiger partial charge in [-0.05, 0) is 35.4 Å². The van der Waals surface area contributed by atoms with Crippen LogP contribution < -0.4 is 0 Å². The van der Waals surface area contributed by atoms with Crippen LogP contribution in [0.3, 0.4) is 0 Å². The van der Waals surface area contributed by atoms with Crippen molar-refractivity contribution in [3.05, 3.63) is 99.8 Å². The van der Waals surface area contributed by atoms with E-state index in [1.54, 1.807) is 24.3 Å². The average molecular weight is 410 g/mol. The van der Waals surface area contributed by atoms with Gasteiger partial charge < -0.3 is 4.52 Å². The Labute approximate surface area is 171 Å². The minimum absolute atomic E-state index is 0.242. The molecule has 0 saturated carbocycles. The number of aromatic nitrogens is 1. The molecule has 0 aliphatic carbocycles. The molecule has 0 aliphatic heterocycles. The van der Waals surface area contributed by atoms with Gasteiger partial charge >= 0.3 is 0 Å². The topological polar surface area (TPSA) is 26.0 Å². The first-order valence-corrected chi connectivity index (χ1v) is 9.30. The van der Waals surface area contributed by atoms with Crippen molar-refractivity contribution in [1.82, 2.24) is 5.16 Å². The smallest absolute Gasteiger partial charge is 0.167 e. The van der Waals surface area contributed by atoms with Crippen molar-refractivity contribution in [1.29, 1.82) is 0 Å². The number of halogens is 3. The summed E-state index contributed by atoms with van der Waals surface area (Å²) in [5, 5.41) is 5.09. The molecule has 4 aromatic rings. The molecule has 3 aromatic carbocycles. The highest BCUT2D eigenvalue weighted by Gasteiger charge is 2.10. The lowest BCUT2D eigenvalue weighted by atomic mass is 10.1. The molecule has 4 rings (SSSR count). The summed E-state index contributed by atoms with van der Waals surface area (Å²) in [7, 11) is 0. The maximum absolute atomic E-state index is 13.0. The Morgan fingerprint density at radius 2 is 1.32 bits per heavy atom. The Morgan fingerprint density at radius 1 is 0.714 bits per heavy atom. The van der Waals surface area contributed by atoms with E-state index >= 15 is 0 Å². The predicted molar refractivity (Wildman–Crippen MR) is 113 cm³/mol. The highest BCUT2D eigenvalue weighted by Crippen LogP contribution is 2.30. The summed E-state index contributed by atoms with van der Waals surface area (Å²) in [6, 6.07) is 21.4. The van der Waals surface area contributed by atoms with Gasteiger partial charge in [0, 0.05) is 17.2 Å². The lowest BCUT2D eigenvalue weighted by Gasteiger charge is -1.99. The maximum Gasteiger partial charge on any atom is 0.167 e. The SMILES string of the molecule is Fc1ccc(/C=C/c2ccc(-c3cc(-c4ccc(Cl)c(Cl)c4)no3)cc2)cc1. The molecule has 0 bridgehead atoms. The zero-order valence-corrected chi connectivity index (χ0v) is 16.1. The highest BCUT2D eigenvalue weighted by molar-refractivity contribution is 6.42. The van der Waals surface area contributed by atoms with Crippen LogP contribution in [-0.2, 0) is 0 Å². The van der Waals surface area contributed by atoms with E-state index < -0.39 is 0 Å². The van der Waals surface area contributed by atoms with Crippen molar-refractivity contribution >= 4 is 35.4 Å². The highest BCUT2D eigenvalue weighted by atomic mass is 35.5. The van der Waals surface area contributed by atoms with E-state index in [-0.39, 0.29) is 5.82 Å². The van der Waals surface area contributed by atoms with E-state index in [2.05, 4.69) is 5.16 Å². The van der Waals surface area contributed by atoms with E-state index in [0.717, 1.165) is 22.3 Å². The zero-order valence-electron chi connectivity index (χ0n) is 14.6. The summed E-state index contributed by atoms with van der Waals surface area (Å²) >= 11 is 12.0. The third-order valence-electron chi connectivity index (χ3n) is 4.26. The molecule has 0 fully saturated rings. The Morgan fingerprint density at radius 3 is 1.96 bits per heavy atom. The largest absolute Gasteiger partial charge is 0.356 e. The normalized spacial score (nSPS) is 11.2. The van der Waals surface area contributed by atoms with Crippen molar-refractivity contribution < 1.29 is 8.91 Å². The van der Waals surface area contributed by atoms with Gasteiger partial charge in [-0.3, -0.25) is 0 Å². The van der Waals surface area contributed by atoms with Gasteiger partial charge in [0.15, 0.2) is 5.76 Å².